The number of carbonyl (C=O) groups is 1. The molecule has 1 aliphatic heterocycles. The second kappa shape index (κ2) is 9.47. The van der Waals surface area contributed by atoms with Crippen LogP contribution in [0.4, 0.5) is 10.1 Å². The molecule has 0 bridgehead atoms. The van der Waals surface area contributed by atoms with Crippen LogP contribution in [-0.2, 0) is 0 Å². The Kier molecular flexibility index (Phi) is 6.77. The lowest BCUT2D eigenvalue weighted by Gasteiger charge is -2.30. The molecule has 0 N–H and O–H groups in total. The van der Waals surface area contributed by atoms with Crippen molar-refractivity contribution in [1.29, 1.82) is 0 Å². The first-order valence-electron chi connectivity index (χ1n) is 9.43. The zero-order valence-corrected chi connectivity index (χ0v) is 16.7. The molecule has 0 aliphatic carbocycles. The summed E-state index contributed by atoms with van der Waals surface area (Å²) in [5, 5.41) is 4.15. The van der Waals surface area contributed by atoms with E-state index in [0.29, 0.717) is 16.9 Å². The smallest absolute Gasteiger partial charge is 0.213 e. The Bertz CT molecular complexity index is 983. The van der Waals surface area contributed by atoms with E-state index in [0.717, 1.165) is 37.9 Å². The molecule has 3 aromatic rings. The number of halogens is 2. The molecule has 7 heteroatoms. The van der Waals surface area contributed by atoms with Crippen LogP contribution in [0.25, 0.3) is 11.8 Å². The fourth-order valence-electron chi connectivity index (χ4n) is 3.51. The number of nitrogens with zero attached hydrogens (tertiary/aromatic N) is 4. The standard InChI is InChI=1S/C22H21FN4O.ClH/c23-18-9-10-19(20(14-18)26-11-5-2-6-12-26)22(28)21(27-16-24-15-25-27)13-17-7-3-1-4-8-17;/h1,3-4,7-10,13-16H,2,5-6,11-12H2;1H/b21-13-;. The van der Waals surface area contributed by atoms with E-state index >= 15 is 0 Å². The van der Waals surface area contributed by atoms with Crippen molar-refractivity contribution < 1.29 is 9.18 Å². The van der Waals surface area contributed by atoms with Gasteiger partial charge in [0.2, 0.25) is 5.78 Å². The number of hydrogen-bond acceptors (Lipinski definition) is 4. The lowest BCUT2D eigenvalue weighted by Crippen LogP contribution is -2.31. The largest absolute Gasteiger partial charge is 0.371 e. The number of rotatable bonds is 5. The highest BCUT2D eigenvalue weighted by Crippen LogP contribution is 2.28. The van der Waals surface area contributed by atoms with Crippen LogP contribution in [0.5, 0.6) is 0 Å². The molecule has 2 aromatic carbocycles. The Labute approximate surface area is 175 Å². The van der Waals surface area contributed by atoms with Crippen molar-refractivity contribution in [3.05, 3.63) is 78.1 Å². The van der Waals surface area contributed by atoms with Gasteiger partial charge < -0.3 is 4.90 Å². The first kappa shape index (κ1) is 20.7. The van der Waals surface area contributed by atoms with Gasteiger partial charge in [0, 0.05) is 18.7 Å². The first-order chi connectivity index (χ1) is 13.7. The van der Waals surface area contributed by atoms with Gasteiger partial charge in [0.15, 0.2) is 0 Å². The number of carbonyl (C=O) groups excluding carboxylic acids is 1. The lowest BCUT2D eigenvalue weighted by atomic mass is 10.0. The van der Waals surface area contributed by atoms with Crippen molar-refractivity contribution in [2.75, 3.05) is 18.0 Å². The Morgan fingerprint density at radius 3 is 2.48 bits per heavy atom. The molecule has 2 heterocycles. The molecule has 0 unspecified atom stereocenters. The van der Waals surface area contributed by atoms with Crippen molar-refractivity contribution >= 4 is 35.7 Å². The number of hydrogen-bond donors (Lipinski definition) is 0. The third kappa shape index (κ3) is 4.71. The minimum Gasteiger partial charge on any atom is -0.371 e. The molecule has 0 radical (unpaired) electrons. The van der Waals surface area contributed by atoms with E-state index in [1.807, 2.05) is 30.3 Å². The third-order valence-electron chi connectivity index (χ3n) is 4.90. The Morgan fingerprint density at radius 2 is 1.79 bits per heavy atom. The summed E-state index contributed by atoms with van der Waals surface area (Å²) in [6.45, 7) is 1.65. The van der Waals surface area contributed by atoms with Gasteiger partial charge in [0.1, 0.15) is 24.2 Å². The summed E-state index contributed by atoms with van der Waals surface area (Å²) in [5.41, 5.74) is 2.36. The van der Waals surface area contributed by atoms with Gasteiger partial charge in [-0.05, 0) is 49.1 Å². The highest BCUT2D eigenvalue weighted by Gasteiger charge is 2.23. The van der Waals surface area contributed by atoms with Crippen molar-refractivity contribution in [2.24, 2.45) is 0 Å². The topological polar surface area (TPSA) is 51.0 Å². The molecule has 4 rings (SSSR count). The molecule has 150 valence electrons. The van der Waals surface area contributed by atoms with Gasteiger partial charge in [0.25, 0.3) is 0 Å². The number of benzene rings is 2. The normalized spacial score (nSPS) is 14.4. The summed E-state index contributed by atoms with van der Waals surface area (Å²) < 4.78 is 15.5. The van der Waals surface area contributed by atoms with Gasteiger partial charge in [-0.25, -0.2) is 14.1 Å². The summed E-state index contributed by atoms with van der Waals surface area (Å²) in [7, 11) is 0. The summed E-state index contributed by atoms with van der Waals surface area (Å²) >= 11 is 0. The Balaban J connectivity index is 0.00000240. The molecule has 0 spiro atoms. The molecule has 0 amide bonds. The molecule has 1 aliphatic rings. The molecule has 1 fully saturated rings. The number of anilines is 1. The van der Waals surface area contributed by atoms with Gasteiger partial charge in [-0.2, -0.15) is 5.10 Å². The zero-order chi connectivity index (χ0) is 19.3. The highest BCUT2D eigenvalue weighted by atomic mass is 35.5. The summed E-state index contributed by atoms with van der Waals surface area (Å²) in [6.07, 6.45) is 7.91. The van der Waals surface area contributed by atoms with Gasteiger partial charge in [-0.1, -0.05) is 30.3 Å². The fraction of sp³-hybridized carbons (Fsp3) is 0.227. The monoisotopic (exact) mass is 412 g/mol. The van der Waals surface area contributed by atoms with E-state index in [9.17, 15) is 9.18 Å². The molecule has 0 saturated carbocycles. The minimum absolute atomic E-state index is 0. The second-order valence-electron chi connectivity index (χ2n) is 6.82. The van der Waals surface area contributed by atoms with Gasteiger partial charge in [0.05, 0.1) is 5.69 Å². The molecular weight excluding hydrogens is 391 g/mol. The van der Waals surface area contributed by atoms with Crippen LogP contribution in [0.1, 0.15) is 35.2 Å². The van der Waals surface area contributed by atoms with E-state index < -0.39 is 0 Å². The second-order valence-corrected chi connectivity index (χ2v) is 6.82. The van der Waals surface area contributed by atoms with Crippen LogP contribution >= 0.6 is 12.4 Å². The van der Waals surface area contributed by atoms with Crippen molar-refractivity contribution in [3.63, 3.8) is 0 Å². The van der Waals surface area contributed by atoms with Gasteiger partial charge in [-0.15, -0.1) is 12.4 Å². The summed E-state index contributed by atoms with van der Waals surface area (Å²) in [5.74, 6) is -0.554. The van der Waals surface area contributed by atoms with Gasteiger partial charge in [-0.3, -0.25) is 4.79 Å². The van der Waals surface area contributed by atoms with Crippen molar-refractivity contribution in [3.8, 4) is 0 Å². The van der Waals surface area contributed by atoms with E-state index in [1.165, 1.54) is 29.5 Å². The maximum absolute atomic E-state index is 14.0. The third-order valence-corrected chi connectivity index (χ3v) is 4.90. The molecule has 29 heavy (non-hydrogen) atoms. The lowest BCUT2D eigenvalue weighted by molar-refractivity contribution is 0.105. The fourth-order valence-corrected chi connectivity index (χ4v) is 3.51. The number of piperidine rings is 1. The van der Waals surface area contributed by atoms with Crippen LogP contribution in [-0.4, -0.2) is 33.6 Å². The number of ketones is 1. The van der Waals surface area contributed by atoms with E-state index in [2.05, 4.69) is 15.0 Å². The molecule has 5 nitrogen and oxygen atoms in total. The average Bonchev–Trinajstić information content (AvgIpc) is 3.27. The van der Waals surface area contributed by atoms with E-state index in [4.69, 9.17) is 0 Å². The first-order valence-corrected chi connectivity index (χ1v) is 9.43. The van der Waals surface area contributed by atoms with Crippen molar-refractivity contribution in [2.45, 2.75) is 19.3 Å². The molecular formula is C22H22ClFN4O. The van der Waals surface area contributed by atoms with Crippen LogP contribution < -0.4 is 4.90 Å². The Morgan fingerprint density at radius 1 is 1.03 bits per heavy atom. The molecule has 0 atom stereocenters. The number of Topliss-reactive ketones (excluding diaryl/α,β-unsaturated/α-hetero) is 1. The van der Waals surface area contributed by atoms with Crippen molar-refractivity contribution in [1.82, 2.24) is 14.8 Å². The molecule has 1 aromatic heterocycles. The number of aromatic nitrogens is 3. The molecule has 1 saturated heterocycles. The zero-order valence-electron chi connectivity index (χ0n) is 15.9. The van der Waals surface area contributed by atoms with E-state index in [-0.39, 0.29) is 24.0 Å². The SMILES string of the molecule is Cl.O=C(/C(=C/c1ccccc1)n1cncn1)c1ccc(F)cc1N1CCCCC1. The van der Waals surface area contributed by atoms with Gasteiger partial charge >= 0.3 is 0 Å². The summed E-state index contributed by atoms with van der Waals surface area (Å²) in [6, 6.07) is 13.9. The minimum atomic E-state index is -0.341. The quantitative estimate of drug-likeness (QED) is 0.450. The number of allylic oxidation sites excluding steroid dienone is 1. The highest BCUT2D eigenvalue weighted by molar-refractivity contribution is 6.29. The maximum atomic E-state index is 14.0. The maximum Gasteiger partial charge on any atom is 0.213 e. The van der Waals surface area contributed by atoms with E-state index in [1.54, 1.807) is 12.1 Å². The Hall–Kier alpha value is -2.99. The average molecular weight is 413 g/mol. The summed E-state index contributed by atoms with van der Waals surface area (Å²) in [4.78, 5) is 19.6. The van der Waals surface area contributed by atoms with Crippen LogP contribution in [0.3, 0.4) is 0 Å². The predicted octanol–water partition coefficient (Wildman–Crippen LogP) is 4.71. The van der Waals surface area contributed by atoms with Crippen LogP contribution in [0.15, 0.2) is 61.2 Å². The van der Waals surface area contributed by atoms with Crippen LogP contribution in [0, 0.1) is 5.82 Å². The van der Waals surface area contributed by atoms with Crippen LogP contribution in [0.2, 0.25) is 0 Å². The predicted molar refractivity (Wildman–Crippen MR) is 115 cm³/mol.